The predicted octanol–water partition coefficient (Wildman–Crippen LogP) is 3.08. The number of anilines is 1. The van der Waals surface area contributed by atoms with Crippen LogP contribution in [0.15, 0.2) is 47.4 Å². The highest BCUT2D eigenvalue weighted by Gasteiger charge is 2.41. The fraction of sp³-hybridized carbons (Fsp3) is 0.250. The van der Waals surface area contributed by atoms with Crippen LogP contribution < -0.4 is 5.32 Å². The first-order chi connectivity index (χ1) is 14.3. The second-order valence-electron chi connectivity index (χ2n) is 6.55. The molecular formula is C20H19ClN2O6S. The maximum atomic E-state index is 12.5. The lowest BCUT2D eigenvalue weighted by Gasteiger charge is -2.15. The van der Waals surface area contributed by atoms with Gasteiger partial charge in [-0.2, -0.15) is 0 Å². The molecule has 2 aromatic rings. The van der Waals surface area contributed by atoms with E-state index < -0.39 is 34.4 Å². The van der Waals surface area contributed by atoms with Gasteiger partial charge >= 0.3 is 5.97 Å². The molecule has 0 saturated heterocycles. The van der Waals surface area contributed by atoms with Gasteiger partial charge in [0.2, 0.25) is 5.91 Å². The lowest BCUT2D eigenvalue weighted by Crippen LogP contribution is -2.37. The van der Waals surface area contributed by atoms with Crippen molar-refractivity contribution in [2.45, 2.75) is 24.7 Å². The van der Waals surface area contributed by atoms with Gasteiger partial charge in [-0.1, -0.05) is 37.1 Å². The van der Waals surface area contributed by atoms with Gasteiger partial charge < -0.3 is 10.1 Å². The van der Waals surface area contributed by atoms with Crippen LogP contribution in [0.4, 0.5) is 5.69 Å². The van der Waals surface area contributed by atoms with E-state index in [0.29, 0.717) is 10.7 Å². The van der Waals surface area contributed by atoms with Crippen molar-refractivity contribution in [2.24, 2.45) is 0 Å². The number of fused-ring (bicyclic) bond motifs is 1. The SMILES string of the molecule is CCCCOC(=O)c1cc(NC(=O)CN2C(=O)c3ccccc3S2(=O)=O)ccc1Cl. The zero-order valence-corrected chi connectivity index (χ0v) is 17.6. The van der Waals surface area contributed by atoms with Crippen LogP contribution in [0.1, 0.15) is 40.5 Å². The average Bonchev–Trinajstić information content (AvgIpc) is 2.90. The molecule has 0 aromatic heterocycles. The summed E-state index contributed by atoms with van der Waals surface area (Å²) in [5, 5.41) is 2.63. The van der Waals surface area contributed by atoms with Crippen LogP contribution in [0.3, 0.4) is 0 Å². The standard InChI is InChI=1S/C20H19ClN2O6S/c1-2-3-10-29-20(26)15-11-13(8-9-16(15)21)22-18(24)12-23-19(25)14-6-4-5-7-17(14)30(23,27)28/h4-9,11H,2-3,10,12H2,1H3,(H,22,24). The normalized spacial score (nSPS) is 14.3. The van der Waals surface area contributed by atoms with Crippen molar-refractivity contribution in [1.29, 1.82) is 0 Å². The van der Waals surface area contributed by atoms with Crippen LogP contribution in [0, 0.1) is 0 Å². The first-order valence-electron chi connectivity index (χ1n) is 9.18. The molecule has 0 spiro atoms. The Hall–Kier alpha value is -2.91. The van der Waals surface area contributed by atoms with Crippen LogP contribution in [0.2, 0.25) is 5.02 Å². The predicted molar refractivity (Wildman–Crippen MR) is 110 cm³/mol. The molecule has 3 rings (SSSR count). The van der Waals surface area contributed by atoms with Gasteiger partial charge in [0.1, 0.15) is 11.4 Å². The lowest BCUT2D eigenvalue weighted by atomic mass is 10.2. The van der Waals surface area contributed by atoms with Crippen molar-refractivity contribution >= 4 is 45.1 Å². The number of carbonyl (C=O) groups excluding carboxylic acids is 3. The van der Waals surface area contributed by atoms with Crippen molar-refractivity contribution in [3.63, 3.8) is 0 Å². The van der Waals surface area contributed by atoms with Crippen molar-refractivity contribution in [1.82, 2.24) is 4.31 Å². The summed E-state index contributed by atoms with van der Waals surface area (Å²) in [5.74, 6) is -2.14. The number of nitrogens with one attached hydrogen (secondary N) is 1. The number of hydrogen-bond acceptors (Lipinski definition) is 6. The Morgan fingerprint density at radius 2 is 1.90 bits per heavy atom. The maximum absolute atomic E-state index is 12.5. The quantitative estimate of drug-likeness (QED) is 0.512. The van der Waals surface area contributed by atoms with E-state index in [1.807, 2.05) is 6.92 Å². The first-order valence-corrected chi connectivity index (χ1v) is 11.0. The van der Waals surface area contributed by atoms with Gasteiger partial charge in [0, 0.05) is 5.69 Å². The molecule has 2 aromatic carbocycles. The summed E-state index contributed by atoms with van der Waals surface area (Å²) >= 11 is 6.04. The second kappa shape index (κ2) is 8.85. The van der Waals surface area contributed by atoms with Gasteiger partial charge in [-0.25, -0.2) is 17.5 Å². The highest BCUT2D eigenvalue weighted by Crippen LogP contribution is 2.29. The molecule has 158 valence electrons. The van der Waals surface area contributed by atoms with Crippen molar-refractivity contribution in [2.75, 3.05) is 18.5 Å². The Labute approximate surface area is 178 Å². The van der Waals surface area contributed by atoms with Gasteiger partial charge in [0.15, 0.2) is 0 Å². The van der Waals surface area contributed by atoms with Gasteiger partial charge in [-0.3, -0.25) is 9.59 Å². The molecule has 0 unspecified atom stereocenters. The van der Waals surface area contributed by atoms with E-state index in [1.165, 1.54) is 36.4 Å². The molecule has 1 aliphatic rings. The van der Waals surface area contributed by atoms with E-state index >= 15 is 0 Å². The minimum atomic E-state index is -4.10. The number of amides is 2. The van der Waals surface area contributed by atoms with Gasteiger partial charge in [0.25, 0.3) is 15.9 Å². The molecule has 10 heteroatoms. The number of nitrogens with zero attached hydrogens (tertiary/aromatic N) is 1. The Balaban J connectivity index is 1.72. The molecule has 0 atom stereocenters. The molecule has 0 fully saturated rings. The van der Waals surface area contributed by atoms with Crippen LogP contribution >= 0.6 is 11.6 Å². The molecular weight excluding hydrogens is 432 g/mol. The highest BCUT2D eigenvalue weighted by molar-refractivity contribution is 7.90. The van der Waals surface area contributed by atoms with E-state index in [9.17, 15) is 22.8 Å². The number of rotatable bonds is 7. The van der Waals surface area contributed by atoms with Gasteiger partial charge in [-0.15, -0.1) is 0 Å². The minimum Gasteiger partial charge on any atom is -0.462 e. The number of benzene rings is 2. The smallest absolute Gasteiger partial charge is 0.339 e. The first kappa shape index (κ1) is 21.8. The summed E-state index contributed by atoms with van der Waals surface area (Å²) in [5.41, 5.74) is 0.310. The zero-order valence-electron chi connectivity index (χ0n) is 16.1. The number of esters is 1. The summed E-state index contributed by atoms with van der Waals surface area (Å²) in [6, 6.07) is 9.97. The van der Waals surface area contributed by atoms with Crippen LogP contribution in [0.5, 0.6) is 0 Å². The Morgan fingerprint density at radius 1 is 1.17 bits per heavy atom. The van der Waals surface area contributed by atoms with Crippen LogP contribution in [-0.2, 0) is 19.6 Å². The summed E-state index contributed by atoms with van der Waals surface area (Å²) in [6.07, 6.45) is 1.57. The third kappa shape index (κ3) is 4.31. The fourth-order valence-electron chi connectivity index (χ4n) is 2.86. The van der Waals surface area contributed by atoms with E-state index in [4.69, 9.17) is 16.3 Å². The molecule has 0 radical (unpaired) electrons. The van der Waals surface area contributed by atoms with Gasteiger partial charge in [-0.05, 0) is 36.8 Å². The average molecular weight is 451 g/mol. The molecule has 0 saturated carbocycles. The number of hydrogen-bond donors (Lipinski definition) is 1. The third-order valence-electron chi connectivity index (χ3n) is 4.40. The lowest BCUT2D eigenvalue weighted by molar-refractivity contribution is -0.116. The van der Waals surface area contributed by atoms with Crippen molar-refractivity contribution < 1.29 is 27.5 Å². The third-order valence-corrected chi connectivity index (χ3v) is 6.52. The summed E-state index contributed by atoms with van der Waals surface area (Å²) < 4.78 is 30.7. The molecule has 1 heterocycles. The number of halogens is 1. The Morgan fingerprint density at radius 3 is 2.60 bits per heavy atom. The molecule has 1 aliphatic heterocycles. The molecule has 8 nitrogen and oxygen atoms in total. The number of unbranched alkanes of at least 4 members (excludes halogenated alkanes) is 1. The zero-order chi connectivity index (χ0) is 21.9. The maximum Gasteiger partial charge on any atom is 0.339 e. The summed E-state index contributed by atoms with van der Waals surface area (Å²) in [7, 11) is -4.10. The van der Waals surface area contributed by atoms with E-state index in [1.54, 1.807) is 6.07 Å². The molecule has 0 bridgehead atoms. The monoisotopic (exact) mass is 450 g/mol. The van der Waals surface area contributed by atoms with Crippen LogP contribution in [0.25, 0.3) is 0 Å². The Kier molecular flexibility index (Phi) is 6.42. The molecule has 30 heavy (non-hydrogen) atoms. The van der Waals surface area contributed by atoms with Crippen LogP contribution in [-0.4, -0.2) is 43.7 Å². The summed E-state index contributed by atoms with van der Waals surface area (Å²) in [6.45, 7) is 1.51. The number of sulfonamides is 1. The summed E-state index contributed by atoms with van der Waals surface area (Å²) in [4.78, 5) is 36.8. The second-order valence-corrected chi connectivity index (χ2v) is 8.78. The minimum absolute atomic E-state index is 0.0221. The van der Waals surface area contributed by atoms with E-state index in [0.717, 1.165) is 6.42 Å². The topological polar surface area (TPSA) is 110 Å². The number of ether oxygens (including phenoxy) is 1. The fourth-order valence-corrected chi connectivity index (χ4v) is 4.58. The largest absolute Gasteiger partial charge is 0.462 e. The molecule has 2 amide bonds. The number of carbonyl (C=O) groups is 3. The Bertz CT molecular complexity index is 1120. The van der Waals surface area contributed by atoms with Crippen molar-refractivity contribution in [3.8, 4) is 0 Å². The van der Waals surface area contributed by atoms with Gasteiger partial charge in [0.05, 0.1) is 22.8 Å². The molecule has 0 aliphatic carbocycles. The van der Waals surface area contributed by atoms with Crippen molar-refractivity contribution in [3.05, 3.63) is 58.6 Å². The van der Waals surface area contributed by atoms with E-state index in [2.05, 4.69) is 5.32 Å². The highest BCUT2D eigenvalue weighted by atomic mass is 35.5. The molecule has 1 N–H and O–H groups in total. The van der Waals surface area contributed by atoms with E-state index in [-0.39, 0.29) is 33.3 Å².